The van der Waals surface area contributed by atoms with Crippen molar-refractivity contribution >= 4 is 17.7 Å². The summed E-state index contributed by atoms with van der Waals surface area (Å²) >= 11 is 0. The molecule has 0 rings (SSSR count). The van der Waals surface area contributed by atoms with Gasteiger partial charge in [0, 0.05) is 12.8 Å². The first kappa shape index (κ1) is 18.6. The van der Waals surface area contributed by atoms with E-state index in [4.69, 9.17) is 9.84 Å². The van der Waals surface area contributed by atoms with Crippen LogP contribution in [0.5, 0.6) is 0 Å². The van der Waals surface area contributed by atoms with Crippen molar-refractivity contribution in [2.24, 2.45) is 11.8 Å². The Hall–Kier alpha value is -1.43. The highest BCUT2D eigenvalue weighted by Gasteiger charge is 2.27. The molecular formula is C14H24O6. The van der Waals surface area contributed by atoms with E-state index in [0.29, 0.717) is 6.42 Å². The van der Waals surface area contributed by atoms with Crippen LogP contribution in [-0.2, 0) is 23.9 Å². The quantitative estimate of drug-likeness (QED) is 0.510. The average molecular weight is 288 g/mol. The molecule has 1 N–H and O–H groups in total. The van der Waals surface area contributed by atoms with Crippen molar-refractivity contribution in [2.45, 2.75) is 53.2 Å². The number of esters is 2. The summed E-state index contributed by atoms with van der Waals surface area (Å²) in [5.41, 5.74) is 0. The number of Topliss-reactive ketones (excluding diaryl/α,β-unsaturated/α-hetero) is 1. The normalized spacial score (nSPS) is 13.7. The summed E-state index contributed by atoms with van der Waals surface area (Å²) in [4.78, 5) is 35.0. The smallest absolute Gasteiger partial charge is 0.309 e. The molecule has 0 aliphatic heterocycles. The highest BCUT2D eigenvalue weighted by molar-refractivity contribution is 5.87. The second-order valence-corrected chi connectivity index (χ2v) is 5.08. The van der Waals surface area contributed by atoms with Crippen molar-refractivity contribution in [3.05, 3.63) is 0 Å². The number of hydrogen-bond donors (Lipinski definition) is 1. The SMILES string of the molecule is CCOC(=O)[C@H](CC(=O)CC(C)C)CC(=O)O[C@@H](C)O. The van der Waals surface area contributed by atoms with Crippen molar-refractivity contribution in [3.8, 4) is 0 Å². The zero-order chi connectivity index (χ0) is 15.7. The number of ether oxygens (including phenoxy) is 2. The van der Waals surface area contributed by atoms with Gasteiger partial charge in [0.1, 0.15) is 5.78 Å². The first-order valence-electron chi connectivity index (χ1n) is 6.82. The van der Waals surface area contributed by atoms with E-state index in [1.807, 2.05) is 13.8 Å². The van der Waals surface area contributed by atoms with E-state index in [1.165, 1.54) is 6.92 Å². The van der Waals surface area contributed by atoms with Crippen LogP contribution in [0.2, 0.25) is 0 Å². The third-order valence-electron chi connectivity index (χ3n) is 2.44. The maximum atomic E-state index is 11.8. The Bertz CT molecular complexity index is 311. The maximum absolute atomic E-state index is 11.8. The molecular weight excluding hydrogens is 264 g/mol. The fourth-order valence-electron chi connectivity index (χ4n) is 1.75. The molecule has 0 radical (unpaired) electrons. The molecule has 2 atom stereocenters. The van der Waals surface area contributed by atoms with Crippen LogP contribution < -0.4 is 0 Å². The summed E-state index contributed by atoms with van der Waals surface area (Å²) in [6.45, 7) is 6.93. The molecule has 0 aliphatic rings. The van der Waals surface area contributed by atoms with Crippen molar-refractivity contribution < 1.29 is 29.0 Å². The van der Waals surface area contributed by atoms with Gasteiger partial charge >= 0.3 is 11.9 Å². The van der Waals surface area contributed by atoms with E-state index < -0.39 is 24.1 Å². The van der Waals surface area contributed by atoms with E-state index in [-0.39, 0.29) is 31.1 Å². The van der Waals surface area contributed by atoms with Crippen LogP contribution in [-0.4, -0.2) is 35.7 Å². The topological polar surface area (TPSA) is 89.9 Å². The number of aliphatic hydroxyl groups is 1. The Morgan fingerprint density at radius 2 is 1.65 bits per heavy atom. The summed E-state index contributed by atoms with van der Waals surface area (Å²) in [5, 5.41) is 8.95. The summed E-state index contributed by atoms with van der Waals surface area (Å²) in [7, 11) is 0. The van der Waals surface area contributed by atoms with Crippen molar-refractivity contribution in [1.29, 1.82) is 0 Å². The predicted molar refractivity (Wildman–Crippen MR) is 71.6 cm³/mol. The van der Waals surface area contributed by atoms with Crippen LogP contribution in [0.1, 0.15) is 47.0 Å². The highest BCUT2D eigenvalue weighted by Crippen LogP contribution is 2.16. The third kappa shape index (κ3) is 8.63. The van der Waals surface area contributed by atoms with Gasteiger partial charge in [-0.25, -0.2) is 0 Å². The van der Waals surface area contributed by atoms with E-state index in [2.05, 4.69) is 4.74 Å². The van der Waals surface area contributed by atoms with Crippen LogP contribution in [0.3, 0.4) is 0 Å². The van der Waals surface area contributed by atoms with Gasteiger partial charge in [-0.3, -0.25) is 14.4 Å². The Labute approximate surface area is 119 Å². The Morgan fingerprint density at radius 3 is 2.10 bits per heavy atom. The molecule has 0 aromatic heterocycles. The molecule has 0 unspecified atom stereocenters. The molecule has 0 saturated carbocycles. The Kier molecular flexibility index (Phi) is 8.79. The summed E-state index contributed by atoms with van der Waals surface area (Å²) in [6.07, 6.45) is -1.21. The van der Waals surface area contributed by atoms with Gasteiger partial charge in [-0.2, -0.15) is 0 Å². The van der Waals surface area contributed by atoms with Crippen molar-refractivity contribution in [1.82, 2.24) is 0 Å². The van der Waals surface area contributed by atoms with Crippen LogP contribution in [0.25, 0.3) is 0 Å². The number of aliphatic hydroxyl groups excluding tert-OH is 1. The first-order chi connectivity index (χ1) is 9.26. The first-order valence-corrected chi connectivity index (χ1v) is 6.82. The minimum Gasteiger partial charge on any atom is -0.466 e. The standard InChI is InChI=1S/C14H24O6/c1-5-19-14(18)11(7-12(16)6-9(2)3)8-13(17)20-10(4)15/h9-11,15H,5-8H2,1-4H3/t10-,11+/m0/s1. The molecule has 0 bridgehead atoms. The predicted octanol–water partition coefficient (Wildman–Crippen LogP) is 1.44. The second-order valence-electron chi connectivity index (χ2n) is 5.08. The largest absolute Gasteiger partial charge is 0.466 e. The van der Waals surface area contributed by atoms with Gasteiger partial charge in [-0.15, -0.1) is 0 Å². The molecule has 116 valence electrons. The lowest BCUT2D eigenvalue weighted by molar-refractivity contribution is -0.169. The average Bonchev–Trinajstić information content (AvgIpc) is 2.25. The van der Waals surface area contributed by atoms with E-state index in [9.17, 15) is 14.4 Å². The molecule has 0 fully saturated rings. The monoisotopic (exact) mass is 288 g/mol. The molecule has 0 aliphatic carbocycles. The zero-order valence-electron chi connectivity index (χ0n) is 12.5. The third-order valence-corrected chi connectivity index (χ3v) is 2.44. The molecule has 0 aromatic carbocycles. The summed E-state index contributed by atoms with van der Waals surface area (Å²) in [5.74, 6) is -2.08. The van der Waals surface area contributed by atoms with Gasteiger partial charge in [-0.1, -0.05) is 13.8 Å². The van der Waals surface area contributed by atoms with Crippen molar-refractivity contribution in [2.75, 3.05) is 6.61 Å². The van der Waals surface area contributed by atoms with Gasteiger partial charge in [0.25, 0.3) is 0 Å². The minimum atomic E-state index is -1.24. The van der Waals surface area contributed by atoms with Crippen LogP contribution in [0.4, 0.5) is 0 Å². The molecule has 6 nitrogen and oxygen atoms in total. The molecule has 0 heterocycles. The van der Waals surface area contributed by atoms with Gasteiger partial charge < -0.3 is 14.6 Å². The van der Waals surface area contributed by atoms with Gasteiger partial charge in [0.15, 0.2) is 6.29 Å². The number of carbonyl (C=O) groups is 3. The lowest BCUT2D eigenvalue weighted by atomic mass is 9.94. The summed E-state index contributed by atoms with van der Waals surface area (Å²) < 4.78 is 9.42. The van der Waals surface area contributed by atoms with E-state index in [1.54, 1.807) is 6.92 Å². The molecule has 20 heavy (non-hydrogen) atoms. The zero-order valence-corrected chi connectivity index (χ0v) is 12.5. The van der Waals surface area contributed by atoms with E-state index in [0.717, 1.165) is 0 Å². The lowest BCUT2D eigenvalue weighted by Crippen LogP contribution is -2.26. The Morgan fingerprint density at radius 1 is 1.05 bits per heavy atom. The molecule has 6 heteroatoms. The van der Waals surface area contributed by atoms with Crippen LogP contribution in [0, 0.1) is 11.8 Å². The second kappa shape index (κ2) is 9.47. The number of rotatable bonds is 9. The molecule has 0 aromatic rings. The molecule has 0 saturated heterocycles. The van der Waals surface area contributed by atoms with E-state index >= 15 is 0 Å². The number of hydrogen-bond acceptors (Lipinski definition) is 6. The summed E-state index contributed by atoms with van der Waals surface area (Å²) in [6, 6.07) is 0. The minimum absolute atomic E-state index is 0.0497. The Balaban J connectivity index is 4.60. The lowest BCUT2D eigenvalue weighted by Gasteiger charge is -2.15. The van der Waals surface area contributed by atoms with Gasteiger partial charge in [0.05, 0.1) is 18.9 Å². The molecule has 0 amide bonds. The van der Waals surface area contributed by atoms with Gasteiger partial charge in [0.2, 0.25) is 0 Å². The fourth-order valence-corrected chi connectivity index (χ4v) is 1.75. The van der Waals surface area contributed by atoms with Crippen molar-refractivity contribution in [3.63, 3.8) is 0 Å². The highest BCUT2D eigenvalue weighted by atomic mass is 16.6. The maximum Gasteiger partial charge on any atom is 0.309 e. The van der Waals surface area contributed by atoms with Gasteiger partial charge in [-0.05, 0) is 19.8 Å². The molecule has 0 spiro atoms. The number of carbonyl (C=O) groups excluding carboxylic acids is 3. The fraction of sp³-hybridized carbons (Fsp3) is 0.786. The van der Waals surface area contributed by atoms with Crippen LogP contribution >= 0.6 is 0 Å². The number of ketones is 1. The van der Waals surface area contributed by atoms with Crippen LogP contribution in [0.15, 0.2) is 0 Å².